The average Bonchev–Trinajstić information content (AvgIpc) is 2.68. The van der Waals surface area contributed by atoms with Gasteiger partial charge in [0.15, 0.2) is 0 Å². The van der Waals surface area contributed by atoms with Crippen LogP contribution in [0, 0.1) is 6.92 Å². The van der Waals surface area contributed by atoms with Crippen molar-refractivity contribution in [2.24, 2.45) is 0 Å². The molecule has 0 aliphatic rings. The summed E-state index contributed by atoms with van der Waals surface area (Å²) in [5.41, 5.74) is 2.35. The Morgan fingerprint density at radius 3 is 2.37 bits per heavy atom. The second kappa shape index (κ2) is 10.8. The zero-order valence-corrected chi connectivity index (χ0v) is 17.1. The van der Waals surface area contributed by atoms with Gasteiger partial charge in [-0.2, -0.15) is 0 Å². The van der Waals surface area contributed by atoms with E-state index in [0.29, 0.717) is 18.8 Å². The van der Waals surface area contributed by atoms with E-state index in [1.54, 1.807) is 11.8 Å². The quantitative estimate of drug-likeness (QED) is 0.671. The molecule has 1 atom stereocenters. The number of benzene rings is 2. The van der Waals surface area contributed by atoms with Crippen LogP contribution in [0.3, 0.4) is 0 Å². The lowest BCUT2D eigenvalue weighted by atomic mass is 10.1. The van der Waals surface area contributed by atoms with Crippen LogP contribution in [0.25, 0.3) is 0 Å². The number of nitrogens with one attached hydrogen (secondary N) is 1. The van der Waals surface area contributed by atoms with Crippen molar-refractivity contribution >= 4 is 23.6 Å². The fourth-order valence-electron chi connectivity index (χ4n) is 2.75. The first kappa shape index (κ1) is 21.0. The molecule has 0 saturated carbocycles. The monoisotopic (exact) mass is 384 g/mol. The van der Waals surface area contributed by atoms with Crippen LogP contribution < -0.4 is 5.32 Å². The van der Waals surface area contributed by atoms with E-state index >= 15 is 0 Å². The number of carbonyl (C=O) groups excluding carboxylic acids is 2. The van der Waals surface area contributed by atoms with Crippen molar-refractivity contribution < 1.29 is 9.59 Å². The number of aryl methyl sites for hydroxylation is 1. The maximum atomic E-state index is 12.9. The van der Waals surface area contributed by atoms with E-state index in [1.165, 1.54) is 17.3 Å². The molecule has 27 heavy (non-hydrogen) atoms. The molecule has 2 aromatic carbocycles. The van der Waals surface area contributed by atoms with Gasteiger partial charge in [-0.1, -0.05) is 48.0 Å². The standard InChI is InChI=1S/C22H28N2O2S/c1-4-23-22(26)18(3)24(15-14-19-8-6-5-7-9-19)21(25)16-27-20-12-10-17(2)11-13-20/h5-13,18H,4,14-16H2,1-3H3,(H,23,26)/t18-/m1/s1. The number of hydrogen-bond donors (Lipinski definition) is 1. The molecular weight excluding hydrogens is 356 g/mol. The van der Waals surface area contributed by atoms with Crippen LogP contribution >= 0.6 is 11.8 Å². The van der Waals surface area contributed by atoms with Crippen LogP contribution in [-0.4, -0.2) is 41.6 Å². The Hall–Kier alpha value is -2.27. The number of hydrogen-bond acceptors (Lipinski definition) is 3. The minimum Gasteiger partial charge on any atom is -0.355 e. The highest BCUT2D eigenvalue weighted by Gasteiger charge is 2.25. The summed E-state index contributed by atoms with van der Waals surface area (Å²) in [4.78, 5) is 27.9. The summed E-state index contributed by atoms with van der Waals surface area (Å²) >= 11 is 1.51. The maximum absolute atomic E-state index is 12.9. The smallest absolute Gasteiger partial charge is 0.242 e. The van der Waals surface area contributed by atoms with Gasteiger partial charge in [-0.15, -0.1) is 11.8 Å². The third kappa shape index (κ3) is 6.75. The summed E-state index contributed by atoms with van der Waals surface area (Å²) in [5, 5.41) is 2.82. The summed E-state index contributed by atoms with van der Waals surface area (Å²) in [7, 11) is 0. The van der Waals surface area contributed by atoms with Gasteiger partial charge >= 0.3 is 0 Å². The highest BCUT2D eigenvalue weighted by Crippen LogP contribution is 2.19. The topological polar surface area (TPSA) is 49.4 Å². The molecule has 2 rings (SSSR count). The van der Waals surface area contributed by atoms with Crippen LogP contribution in [0.15, 0.2) is 59.5 Å². The molecule has 4 nitrogen and oxygen atoms in total. The number of carbonyl (C=O) groups is 2. The predicted octanol–water partition coefficient (Wildman–Crippen LogP) is 3.68. The Morgan fingerprint density at radius 1 is 1.07 bits per heavy atom. The maximum Gasteiger partial charge on any atom is 0.242 e. The highest BCUT2D eigenvalue weighted by atomic mass is 32.2. The molecule has 2 aromatic rings. The number of rotatable bonds is 9. The van der Waals surface area contributed by atoms with E-state index in [2.05, 4.69) is 5.32 Å². The normalized spacial score (nSPS) is 11.7. The minimum absolute atomic E-state index is 0.0183. The lowest BCUT2D eigenvalue weighted by molar-refractivity contribution is -0.137. The molecule has 0 saturated heterocycles. The Balaban J connectivity index is 2.03. The number of likely N-dealkylation sites (N-methyl/N-ethyl adjacent to an activating group) is 1. The Morgan fingerprint density at radius 2 is 1.74 bits per heavy atom. The molecule has 5 heteroatoms. The van der Waals surface area contributed by atoms with E-state index in [9.17, 15) is 9.59 Å². The van der Waals surface area contributed by atoms with Gasteiger partial charge in [0, 0.05) is 18.0 Å². The molecule has 0 aromatic heterocycles. The zero-order valence-electron chi connectivity index (χ0n) is 16.3. The summed E-state index contributed by atoms with van der Waals surface area (Å²) in [6.45, 7) is 6.80. The van der Waals surface area contributed by atoms with Crippen molar-refractivity contribution in [1.29, 1.82) is 0 Å². The molecule has 0 fully saturated rings. The van der Waals surface area contributed by atoms with Crippen molar-refractivity contribution in [3.8, 4) is 0 Å². The number of thioether (sulfide) groups is 1. The molecule has 2 amide bonds. The van der Waals surface area contributed by atoms with Gasteiger partial charge in [0.25, 0.3) is 0 Å². The van der Waals surface area contributed by atoms with E-state index < -0.39 is 6.04 Å². The second-order valence-electron chi connectivity index (χ2n) is 6.50. The fourth-order valence-corrected chi connectivity index (χ4v) is 3.54. The summed E-state index contributed by atoms with van der Waals surface area (Å²) in [6.07, 6.45) is 0.728. The largest absolute Gasteiger partial charge is 0.355 e. The van der Waals surface area contributed by atoms with Crippen molar-refractivity contribution in [2.45, 2.75) is 38.1 Å². The third-order valence-electron chi connectivity index (χ3n) is 4.39. The van der Waals surface area contributed by atoms with Gasteiger partial charge in [0.1, 0.15) is 6.04 Å². The van der Waals surface area contributed by atoms with E-state index in [4.69, 9.17) is 0 Å². The van der Waals surface area contributed by atoms with E-state index in [-0.39, 0.29) is 11.8 Å². The van der Waals surface area contributed by atoms with Gasteiger partial charge in [0.05, 0.1) is 5.75 Å². The van der Waals surface area contributed by atoms with Gasteiger partial charge in [-0.05, 0) is 44.9 Å². The minimum atomic E-state index is -0.486. The molecule has 0 aliphatic heterocycles. The van der Waals surface area contributed by atoms with Crippen LogP contribution in [0.1, 0.15) is 25.0 Å². The van der Waals surface area contributed by atoms with E-state index in [0.717, 1.165) is 16.9 Å². The number of amides is 2. The average molecular weight is 385 g/mol. The molecule has 1 N–H and O–H groups in total. The molecule has 0 aliphatic carbocycles. The van der Waals surface area contributed by atoms with Crippen molar-refractivity contribution in [3.63, 3.8) is 0 Å². The predicted molar refractivity (Wildman–Crippen MR) is 112 cm³/mol. The first-order chi connectivity index (χ1) is 13.0. The number of nitrogens with zero attached hydrogens (tertiary/aromatic N) is 1. The molecule has 0 heterocycles. The van der Waals surface area contributed by atoms with Crippen molar-refractivity contribution in [1.82, 2.24) is 10.2 Å². The molecular formula is C22H28N2O2S. The Labute approximate surface area is 166 Å². The lowest BCUT2D eigenvalue weighted by Crippen LogP contribution is -2.49. The van der Waals surface area contributed by atoms with Gasteiger partial charge in [-0.3, -0.25) is 9.59 Å². The third-order valence-corrected chi connectivity index (χ3v) is 5.38. The summed E-state index contributed by atoms with van der Waals surface area (Å²) in [5.74, 6) is 0.191. The van der Waals surface area contributed by atoms with Crippen LogP contribution in [0.2, 0.25) is 0 Å². The molecule has 0 bridgehead atoms. The molecule has 0 unspecified atom stereocenters. The van der Waals surface area contributed by atoms with Crippen LogP contribution in [-0.2, 0) is 16.0 Å². The molecule has 144 valence electrons. The van der Waals surface area contributed by atoms with E-state index in [1.807, 2.05) is 68.4 Å². The first-order valence-electron chi connectivity index (χ1n) is 9.31. The Kier molecular flexibility index (Phi) is 8.40. The molecule has 0 radical (unpaired) electrons. The van der Waals surface area contributed by atoms with Crippen molar-refractivity contribution in [2.75, 3.05) is 18.8 Å². The zero-order chi connectivity index (χ0) is 19.6. The lowest BCUT2D eigenvalue weighted by Gasteiger charge is -2.28. The van der Waals surface area contributed by atoms with Gasteiger partial charge in [-0.25, -0.2) is 0 Å². The van der Waals surface area contributed by atoms with Gasteiger partial charge < -0.3 is 10.2 Å². The van der Waals surface area contributed by atoms with Crippen molar-refractivity contribution in [3.05, 3.63) is 65.7 Å². The SMILES string of the molecule is CCNC(=O)[C@@H](C)N(CCc1ccccc1)C(=O)CSc1ccc(C)cc1. The first-order valence-corrected chi connectivity index (χ1v) is 10.3. The summed E-state index contributed by atoms with van der Waals surface area (Å²) in [6, 6.07) is 17.7. The fraction of sp³-hybridized carbons (Fsp3) is 0.364. The highest BCUT2D eigenvalue weighted by molar-refractivity contribution is 8.00. The van der Waals surface area contributed by atoms with Gasteiger partial charge in [0.2, 0.25) is 11.8 Å². The molecule has 0 spiro atoms. The van der Waals surface area contributed by atoms with Crippen LogP contribution in [0.5, 0.6) is 0 Å². The Bertz CT molecular complexity index is 732. The second-order valence-corrected chi connectivity index (χ2v) is 7.54. The van der Waals surface area contributed by atoms with Crippen LogP contribution in [0.4, 0.5) is 0 Å². The summed E-state index contributed by atoms with van der Waals surface area (Å²) < 4.78 is 0.